The Bertz CT molecular complexity index is 1130. The molecule has 0 amide bonds. The fraction of sp³-hybridized carbons (Fsp3) is 0.458. The Morgan fingerprint density at radius 1 is 1.00 bits per heavy atom. The van der Waals surface area contributed by atoms with Crippen LogP contribution in [0.25, 0.3) is 0 Å². The van der Waals surface area contributed by atoms with Gasteiger partial charge in [0.25, 0.3) is 0 Å². The number of methoxy groups -OCH3 is 1. The number of thioether (sulfide) groups is 1. The molecule has 2 aliphatic rings. The number of hydrogen-bond donors (Lipinski definition) is 1. The van der Waals surface area contributed by atoms with Crippen LogP contribution in [0.4, 0.5) is 0 Å². The maximum absolute atomic E-state index is 13.5. The smallest absolute Gasteiger partial charge is 0.241 e. The van der Waals surface area contributed by atoms with Crippen LogP contribution in [0, 0.1) is 13.8 Å². The molecule has 0 aliphatic carbocycles. The molecule has 0 spiro atoms. The SMILES string of the molecule is CO[C@@H]1O[C@H]([C@@H](NS(=O)(=O)c2ccc(C)cc2)C(=O)Sc2ccc(C)cc2)[C@H]2OC(C)(C)O[C@@H]12. The van der Waals surface area contributed by atoms with Gasteiger partial charge in [0, 0.05) is 12.0 Å². The zero-order valence-corrected chi connectivity index (χ0v) is 21.3. The van der Waals surface area contributed by atoms with E-state index in [0.29, 0.717) is 4.90 Å². The fourth-order valence-corrected chi connectivity index (χ4v) is 6.14. The van der Waals surface area contributed by atoms with Crippen LogP contribution in [-0.4, -0.2) is 57.1 Å². The molecule has 2 aliphatic heterocycles. The van der Waals surface area contributed by atoms with Gasteiger partial charge in [-0.05, 0) is 52.0 Å². The normalized spacial score (nSPS) is 26.9. The summed E-state index contributed by atoms with van der Waals surface area (Å²) in [5.74, 6) is -0.929. The highest BCUT2D eigenvalue weighted by molar-refractivity contribution is 8.13. The van der Waals surface area contributed by atoms with Crippen LogP contribution >= 0.6 is 11.8 Å². The first-order valence-electron chi connectivity index (χ1n) is 10.9. The van der Waals surface area contributed by atoms with Crippen molar-refractivity contribution < 1.29 is 32.2 Å². The molecule has 184 valence electrons. The molecule has 8 nitrogen and oxygen atoms in total. The third kappa shape index (κ3) is 5.38. The maximum Gasteiger partial charge on any atom is 0.241 e. The Hall–Kier alpha value is -1.79. The molecule has 0 saturated carbocycles. The summed E-state index contributed by atoms with van der Waals surface area (Å²) in [5.41, 5.74) is 1.97. The van der Waals surface area contributed by atoms with E-state index in [0.717, 1.165) is 22.9 Å². The molecule has 5 atom stereocenters. The van der Waals surface area contributed by atoms with Gasteiger partial charge in [-0.2, -0.15) is 4.72 Å². The number of carbonyl (C=O) groups is 1. The number of nitrogens with one attached hydrogen (secondary N) is 1. The van der Waals surface area contributed by atoms with Crippen molar-refractivity contribution in [2.75, 3.05) is 7.11 Å². The molecule has 0 radical (unpaired) electrons. The second-order valence-corrected chi connectivity index (χ2v) is 11.7. The van der Waals surface area contributed by atoms with Crippen molar-refractivity contribution in [3.05, 3.63) is 59.7 Å². The van der Waals surface area contributed by atoms with Crippen molar-refractivity contribution in [3.8, 4) is 0 Å². The van der Waals surface area contributed by atoms with Gasteiger partial charge in [-0.3, -0.25) is 4.79 Å². The van der Waals surface area contributed by atoms with Crippen molar-refractivity contribution in [1.29, 1.82) is 0 Å². The summed E-state index contributed by atoms with van der Waals surface area (Å²) in [5, 5.41) is -0.423. The first kappa shape index (κ1) is 25.3. The second kappa shape index (κ2) is 9.69. The average molecular weight is 508 g/mol. The maximum atomic E-state index is 13.5. The van der Waals surface area contributed by atoms with Crippen LogP contribution in [0.1, 0.15) is 25.0 Å². The molecule has 2 fully saturated rings. The molecule has 0 bridgehead atoms. The van der Waals surface area contributed by atoms with Gasteiger partial charge in [0.15, 0.2) is 12.1 Å². The molecule has 0 aromatic heterocycles. The Morgan fingerprint density at radius 2 is 1.56 bits per heavy atom. The Labute approximate surface area is 204 Å². The van der Waals surface area contributed by atoms with Crippen LogP contribution in [0.3, 0.4) is 0 Å². The van der Waals surface area contributed by atoms with Crippen LogP contribution in [0.2, 0.25) is 0 Å². The Morgan fingerprint density at radius 3 is 2.15 bits per heavy atom. The number of fused-ring (bicyclic) bond motifs is 1. The summed E-state index contributed by atoms with van der Waals surface area (Å²) < 4.78 is 52.4. The third-order valence-corrected chi connectivity index (χ3v) is 8.13. The Balaban J connectivity index is 1.66. The number of rotatable bonds is 7. The van der Waals surface area contributed by atoms with Gasteiger partial charge in [-0.25, -0.2) is 8.42 Å². The number of sulfonamides is 1. The second-order valence-electron chi connectivity index (χ2n) is 8.92. The number of aryl methyl sites for hydroxylation is 2. The molecular weight excluding hydrogens is 478 g/mol. The highest BCUT2D eigenvalue weighted by Gasteiger charge is 2.59. The molecule has 2 saturated heterocycles. The minimum absolute atomic E-state index is 0.0537. The molecule has 34 heavy (non-hydrogen) atoms. The zero-order valence-electron chi connectivity index (χ0n) is 19.7. The lowest BCUT2D eigenvalue weighted by atomic mass is 10.1. The molecule has 2 aromatic carbocycles. The fourth-order valence-electron chi connectivity index (χ4n) is 4.04. The van der Waals surface area contributed by atoms with Gasteiger partial charge in [0.2, 0.25) is 15.1 Å². The van der Waals surface area contributed by atoms with Crippen LogP contribution < -0.4 is 4.72 Å². The van der Waals surface area contributed by atoms with E-state index in [9.17, 15) is 13.2 Å². The molecule has 2 aromatic rings. The molecular formula is C24H29NO7S2. The highest BCUT2D eigenvalue weighted by Crippen LogP contribution is 2.41. The predicted octanol–water partition coefficient (Wildman–Crippen LogP) is 3.16. The standard InChI is InChI=1S/C24H29NO7S2/c1-14-6-10-16(11-7-14)33-22(26)18(25-34(27,28)17-12-8-15(2)9-13-17)19-20-21(23(29-5)30-19)32-24(3,4)31-20/h6-13,18-21,23,25H,1-5H3/t18-,19-,20-,21-,23-/m1/s1. The van der Waals surface area contributed by atoms with Gasteiger partial charge in [0.1, 0.15) is 24.4 Å². The molecule has 4 rings (SSSR count). The predicted molar refractivity (Wildman–Crippen MR) is 127 cm³/mol. The summed E-state index contributed by atoms with van der Waals surface area (Å²) in [6, 6.07) is 12.6. The summed E-state index contributed by atoms with van der Waals surface area (Å²) in [4.78, 5) is 14.3. The third-order valence-electron chi connectivity index (χ3n) is 5.71. The minimum Gasteiger partial charge on any atom is -0.353 e. The lowest BCUT2D eigenvalue weighted by molar-refractivity contribution is -0.228. The van der Waals surface area contributed by atoms with Crippen molar-refractivity contribution in [2.24, 2.45) is 0 Å². The van der Waals surface area contributed by atoms with Crippen LogP contribution in [0.15, 0.2) is 58.3 Å². The van der Waals surface area contributed by atoms with E-state index in [2.05, 4.69) is 4.72 Å². The van der Waals surface area contributed by atoms with E-state index in [1.54, 1.807) is 26.0 Å². The minimum atomic E-state index is -4.04. The first-order chi connectivity index (χ1) is 16.0. The first-order valence-corrected chi connectivity index (χ1v) is 13.2. The van der Waals surface area contributed by atoms with Crippen molar-refractivity contribution >= 4 is 26.9 Å². The van der Waals surface area contributed by atoms with E-state index in [1.165, 1.54) is 19.2 Å². The average Bonchev–Trinajstić information content (AvgIpc) is 3.26. The van der Waals surface area contributed by atoms with E-state index in [4.69, 9.17) is 18.9 Å². The summed E-state index contributed by atoms with van der Waals surface area (Å²) in [7, 11) is -2.58. The molecule has 2 heterocycles. The van der Waals surface area contributed by atoms with Gasteiger partial charge in [-0.15, -0.1) is 0 Å². The van der Waals surface area contributed by atoms with E-state index in [1.807, 2.05) is 38.1 Å². The monoisotopic (exact) mass is 507 g/mol. The van der Waals surface area contributed by atoms with Gasteiger partial charge < -0.3 is 18.9 Å². The zero-order chi connectivity index (χ0) is 24.7. The van der Waals surface area contributed by atoms with E-state index < -0.39 is 51.6 Å². The molecule has 1 N–H and O–H groups in total. The molecule has 10 heteroatoms. The van der Waals surface area contributed by atoms with Gasteiger partial charge >= 0.3 is 0 Å². The summed E-state index contributed by atoms with van der Waals surface area (Å²) in [6.45, 7) is 7.32. The van der Waals surface area contributed by atoms with Crippen molar-refractivity contribution in [3.63, 3.8) is 0 Å². The molecule has 0 unspecified atom stereocenters. The number of carbonyl (C=O) groups excluding carboxylic acids is 1. The quantitative estimate of drug-likeness (QED) is 0.571. The number of hydrogen-bond acceptors (Lipinski definition) is 8. The van der Waals surface area contributed by atoms with Crippen LogP contribution in [0.5, 0.6) is 0 Å². The van der Waals surface area contributed by atoms with Crippen molar-refractivity contribution in [1.82, 2.24) is 4.72 Å². The number of ether oxygens (including phenoxy) is 4. The topological polar surface area (TPSA) is 100 Å². The van der Waals surface area contributed by atoms with E-state index in [-0.39, 0.29) is 4.90 Å². The summed E-state index contributed by atoms with van der Waals surface area (Å²) >= 11 is 0.945. The van der Waals surface area contributed by atoms with E-state index >= 15 is 0 Å². The lowest BCUT2D eigenvalue weighted by Gasteiger charge is -2.28. The van der Waals surface area contributed by atoms with Gasteiger partial charge in [-0.1, -0.05) is 47.2 Å². The van der Waals surface area contributed by atoms with Crippen LogP contribution in [-0.2, 0) is 33.8 Å². The van der Waals surface area contributed by atoms with Crippen molar-refractivity contribution in [2.45, 2.75) is 73.9 Å². The summed E-state index contributed by atoms with van der Waals surface area (Å²) in [6.07, 6.45) is -3.07. The number of benzene rings is 2. The Kier molecular flexibility index (Phi) is 7.21. The highest BCUT2D eigenvalue weighted by atomic mass is 32.2. The van der Waals surface area contributed by atoms with Gasteiger partial charge in [0.05, 0.1) is 4.90 Å². The lowest BCUT2D eigenvalue weighted by Crippen LogP contribution is -2.52. The largest absolute Gasteiger partial charge is 0.353 e.